The highest BCUT2D eigenvalue weighted by Crippen LogP contribution is 2.39. The lowest BCUT2D eigenvalue weighted by molar-refractivity contribution is -0.129. The first-order chi connectivity index (χ1) is 16.0. The summed E-state index contributed by atoms with van der Waals surface area (Å²) in [6, 6.07) is 23.5. The van der Waals surface area contributed by atoms with Crippen LogP contribution < -0.4 is 4.90 Å². The molecule has 0 spiro atoms. The topological polar surface area (TPSA) is 59.8 Å². The lowest BCUT2D eigenvalue weighted by atomic mass is 10.1. The largest absolute Gasteiger partial charge is 0.367 e. The van der Waals surface area contributed by atoms with Crippen molar-refractivity contribution in [2.45, 2.75) is 20.3 Å². The van der Waals surface area contributed by atoms with Gasteiger partial charge in [0.25, 0.3) is 0 Å². The Morgan fingerprint density at radius 2 is 1.58 bits per heavy atom. The summed E-state index contributed by atoms with van der Waals surface area (Å²) in [4.78, 5) is 23.8. The standard InChI is InChI=1S/C27H30N4OS/c1-20(28)18-21(2)29-19-27(32)31-16-14-30(15-17-31)24-11-7-6-10-23(24)26-13-12-25(33-26)22-8-4-3-5-9-22/h3-13,28H,14-19H2,1-2H3. The van der Waals surface area contributed by atoms with Crippen molar-refractivity contribution in [1.82, 2.24) is 4.90 Å². The van der Waals surface area contributed by atoms with Gasteiger partial charge in [-0.15, -0.1) is 11.3 Å². The van der Waals surface area contributed by atoms with Crippen LogP contribution in [0.5, 0.6) is 0 Å². The van der Waals surface area contributed by atoms with Crippen LogP contribution in [0.4, 0.5) is 5.69 Å². The number of hydrogen-bond acceptors (Lipinski definition) is 5. The van der Waals surface area contributed by atoms with Crippen LogP contribution in [0.15, 0.2) is 71.7 Å². The van der Waals surface area contributed by atoms with Gasteiger partial charge in [0.1, 0.15) is 6.54 Å². The molecule has 0 bridgehead atoms. The van der Waals surface area contributed by atoms with Gasteiger partial charge in [-0.2, -0.15) is 0 Å². The van der Waals surface area contributed by atoms with Crippen molar-refractivity contribution < 1.29 is 4.79 Å². The van der Waals surface area contributed by atoms with Crippen LogP contribution in [0, 0.1) is 5.41 Å². The number of hydrogen-bond donors (Lipinski definition) is 1. The first-order valence-electron chi connectivity index (χ1n) is 11.3. The van der Waals surface area contributed by atoms with Gasteiger partial charge >= 0.3 is 0 Å². The van der Waals surface area contributed by atoms with Gasteiger partial charge in [-0.1, -0.05) is 48.5 Å². The zero-order valence-electron chi connectivity index (χ0n) is 19.3. The molecule has 0 atom stereocenters. The highest BCUT2D eigenvalue weighted by molar-refractivity contribution is 7.18. The number of thiophene rings is 1. The van der Waals surface area contributed by atoms with Crippen molar-refractivity contribution in [2.24, 2.45) is 4.99 Å². The Labute approximate surface area is 199 Å². The number of carbonyl (C=O) groups excluding carboxylic acids is 1. The number of para-hydroxylation sites is 1. The molecule has 1 saturated heterocycles. The highest BCUT2D eigenvalue weighted by Gasteiger charge is 2.23. The number of benzene rings is 2. The van der Waals surface area contributed by atoms with E-state index >= 15 is 0 Å². The van der Waals surface area contributed by atoms with Crippen LogP contribution >= 0.6 is 11.3 Å². The maximum absolute atomic E-state index is 12.6. The number of nitrogens with one attached hydrogen (secondary N) is 1. The molecule has 170 valence electrons. The van der Waals surface area contributed by atoms with Gasteiger partial charge in [-0.3, -0.25) is 9.79 Å². The summed E-state index contributed by atoms with van der Waals surface area (Å²) in [5.41, 5.74) is 5.12. The summed E-state index contributed by atoms with van der Waals surface area (Å²) in [6.07, 6.45) is 0.534. The summed E-state index contributed by atoms with van der Waals surface area (Å²) in [5, 5.41) is 7.55. The van der Waals surface area contributed by atoms with E-state index in [1.165, 1.54) is 26.6 Å². The summed E-state index contributed by atoms with van der Waals surface area (Å²) < 4.78 is 0. The van der Waals surface area contributed by atoms with Crippen molar-refractivity contribution in [3.8, 4) is 20.9 Å². The molecule has 0 saturated carbocycles. The maximum atomic E-state index is 12.6. The predicted molar refractivity (Wildman–Crippen MR) is 140 cm³/mol. The van der Waals surface area contributed by atoms with Gasteiger partial charge in [-0.25, -0.2) is 0 Å². The zero-order valence-corrected chi connectivity index (χ0v) is 20.1. The van der Waals surface area contributed by atoms with E-state index in [0.717, 1.165) is 18.8 Å². The SMILES string of the molecule is CC(=N)CC(C)=NCC(=O)N1CCN(c2ccccc2-c2ccc(-c3ccccc3)s2)CC1. The zero-order chi connectivity index (χ0) is 23.2. The molecule has 5 nitrogen and oxygen atoms in total. The van der Waals surface area contributed by atoms with Crippen molar-refractivity contribution in [3.63, 3.8) is 0 Å². The molecule has 3 aromatic rings. The Hall–Kier alpha value is -3.25. The van der Waals surface area contributed by atoms with Crippen LogP contribution in [0.3, 0.4) is 0 Å². The Morgan fingerprint density at radius 1 is 0.909 bits per heavy atom. The van der Waals surface area contributed by atoms with Crippen LogP contribution in [-0.4, -0.2) is 55.0 Å². The summed E-state index contributed by atoms with van der Waals surface area (Å²) >= 11 is 1.82. The second kappa shape index (κ2) is 10.6. The second-order valence-corrected chi connectivity index (χ2v) is 9.51. The number of nitrogens with zero attached hydrogens (tertiary/aromatic N) is 3. The maximum Gasteiger partial charge on any atom is 0.244 e. The van der Waals surface area contributed by atoms with E-state index in [9.17, 15) is 4.79 Å². The van der Waals surface area contributed by atoms with E-state index in [2.05, 4.69) is 70.6 Å². The second-order valence-electron chi connectivity index (χ2n) is 8.42. The van der Waals surface area contributed by atoms with E-state index in [1.807, 2.05) is 29.2 Å². The van der Waals surface area contributed by atoms with E-state index in [1.54, 1.807) is 6.92 Å². The third-order valence-electron chi connectivity index (χ3n) is 5.81. The molecule has 4 rings (SSSR count). The lowest BCUT2D eigenvalue weighted by Crippen LogP contribution is -2.49. The third-order valence-corrected chi connectivity index (χ3v) is 6.98. The Kier molecular flexibility index (Phi) is 7.35. The Bertz CT molecular complexity index is 1140. The monoisotopic (exact) mass is 458 g/mol. The average molecular weight is 459 g/mol. The van der Waals surface area contributed by atoms with E-state index < -0.39 is 0 Å². The van der Waals surface area contributed by atoms with Gasteiger partial charge in [0, 0.05) is 65.0 Å². The van der Waals surface area contributed by atoms with Crippen molar-refractivity contribution in [2.75, 3.05) is 37.6 Å². The first-order valence-corrected chi connectivity index (χ1v) is 12.1. The molecule has 1 aliphatic heterocycles. The van der Waals surface area contributed by atoms with E-state index in [-0.39, 0.29) is 12.5 Å². The van der Waals surface area contributed by atoms with Gasteiger partial charge in [0.05, 0.1) is 0 Å². The molecule has 0 radical (unpaired) electrons. The number of anilines is 1. The normalized spacial score (nSPS) is 14.4. The average Bonchev–Trinajstić information content (AvgIpc) is 3.33. The van der Waals surface area contributed by atoms with Crippen LogP contribution in [0.25, 0.3) is 20.9 Å². The predicted octanol–water partition coefficient (Wildman–Crippen LogP) is 5.62. The Balaban J connectivity index is 1.42. The van der Waals surface area contributed by atoms with Crippen LogP contribution in [0.2, 0.25) is 0 Å². The van der Waals surface area contributed by atoms with Gasteiger partial charge < -0.3 is 15.2 Å². The van der Waals surface area contributed by atoms with Gasteiger partial charge in [-0.05, 0) is 37.6 Å². The quantitative estimate of drug-likeness (QED) is 0.467. The number of aliphatic imine (C=N–C) groups is 1. The minimum absolute atomic E-state index is 0.0654. The highest BCUT2D eigenvalue weighted by atomic mass is 32.1. The van der Waals surface area contributed by atoms with Crippen molar-refractivity contribution in [1.29, 1.82) is 5.41 Å². The molecule has 6 heteroatoms. The lowest BCUT2D eigenvalue weighted by Gasteiger charge is -2.36. The number of rotatable bonds is 7. The molecular formula is C27H30N4OS. The van der Waals surface area contributed by atoms with Crippen molar-refractivity contribution in [3.05, 3.63) is 66.7 Å². The molecule has 1 aromatic heterocycles. The fourth-order valence-electron chi connectivity index (χ4n) is 4.14. The van der Waals surface area contributed by atoms with Gasteiger partial charge in [0.15, 0.2) is 0 Å². The van der Waals surface area contributed by atoms with Gasteiger partial charge in [0.2, 0.25) is 5.91 Å². The summed E-state index contributed by atoms with van der Waals surface area (Å²) in [7, 11) is 0. The van der Waals surface area contributed by atoms with E-state index in [4.69, 9.17) is 5.41 Å². The Morgan fingerprint density at radius 3 is 2.30 bits per heavy atom. The minimum atomic E-state index is 0.0654. The molecule has 1 N–H and O–H groups in total. The number of carbonyl (C=O) groups is 1. The minimum Gasteiger partial charge on any atom is -0.367 e. The third kappa shape index (κ3) is 5.76. The molecule has 1 aliphatic rings. The molecule has 0 aliphatic carbocycles. The number of amides is 1. The molecule has 2 aromatic carbocycles. The molecule has 33 heavy (non-hydrogen) atoms. The summed E-state index contributed by atoms with van der Waals surface area (Å²) in [5.74, 6) is 0.0654. The molecule has 0 unspecified atom stereocenters. The van der Waals surface area contributed by atoms with Crippen molar-refractivity contribution >= 4 is 34.4 Å². The molecule has 1 amide bonds. The van der Waals surface area contributed by atoms with E-state index in [0.29, 0.717) is 25.2 Å². The van der Waals surface area contributed by atoms with Crippen LogP contribution in [-0.2, 0) is 4.79 Å². The fourth-order valence-corrected chi connectivity index (χ4v) is 5.18. The molecule has 1 fully saturated rings. The molecular weight excluding hydrogens is 428 g/mol. The van der Waals surface area contributed by atoms with Crippen LogP contribution in [0.1, 0.15) is 20.3 Å². The summed E-state index contributed by atoms with van der Waals surface area (Å²) in [6.45, 7) is 6.83. The first kappa shape index (κ1) is 22.9. The number of piperazine rings is 1. The smallest absolute Gasteiger partial charge is 0.244 e. The fraction of sp³-hybridized carbons (Fsp3) is 0.296. The molecule has 2 heterocycles.